The fourth-order valence-corrected chi connectivity index (χ4v) is 10.1. The molecular weight excluding hydrogens is 1290 g/mol. The summed E-state index contributed by atoms with van der Waals surface area (Å²) < 4.78 is 0. The molecule has 10 amide bonds. The topological polar surface area (TPSA) is 501 Å². The number of carboxylic acid groups (broad SMARTS) is 2. The minimum atomic E-state index is -1.83. The molecule has 0 aliphatic carbocycles. The van der Waals surface area contributed by atoms with E-state index in [1.54, 1.807) is 12.5 Å². The summed E-state index contributed by atoms with van der Waals surface area (Å²) in [5, 5.41) is 83.3. The van der Waals surface area contributed by atoms with Crippen molar-refractivity contribution in [1.29, 1.82) is 0 Å². The van der Waals surface area contributed by atoms with E-state index in [0.717, 1.165) is 0 Å². The maximum atomic E-state index is 14.4. The third-order valence-corrected chi connectivity index (χ3v) is 15.7. The van der Waals surface area contributed by atoms with E-state index in [4.69, 9.17) is 5.73 Å². The van der Waals surface area contributed by atoms with Crippen LogP contribution in [0.4, 0.5) is 0 Å². The van der Waals surface area contributed by atoms with Crippen LogP contribution in [0.5, 0.6) is 17.2 Å². The summed E-state index contributed by atoms with van der Waals surface area (Å²) in [6.45, 7) is -1.76. The number of aromatic amines is 1. The van der Waals surface area contributed by atoms with Crippen molar-refractivity contribution < 1.29 is 88.2 Å². The van der Waals surface area contributed by atoms with Gasteiger partial charge in [0, 0.05) is 37.0 Å². The smallest absolute Gasteiger partial charge is 0.326 e. The van der Waals surface area contributed by atoms with E-state index in [2.05, 4.69) is 88.4 Å². The van der Waals surface area contributed by atoms with Crippen LogP contribution < -0.4 is 58.9 Å². The molecule has 0 bridgehead atoms. The first-order valence-electron chi connectivity index (χ1n) is 28.6. The van der Waals surface area contributed by atoms with Gasteiger partial charge in [0.1, 0.15) is 71.6 Å². The standard InChI is InChI=1S/C58H77N13O18S4/c1-92-17-15-38(50(80)68-43(58(88)89)21-32-7-13-36(75)14-8-32)65-55(85)44(26-72)69-57(87)46(28-91)70-51(81)39(16-18-93-2)64-52(82)40(20-31-5-11-35(74)12-6-31)66-56(86)45(27-90)71-53(83)41(22-33-24-60-29-62-33)67-54(84)42(23-48(77)78)63-47(76)25-61-49(79)37(59)19-30-3-9-34(73)10-4-30/h3-14,24,29,37-46,72-75,90-91H,15-23,25-28,59H2,1-2H3,(H,60,62)(H,61,79)(H,63,76)(H,64,82)(H,65,85)(H,66,86)(H,67,84)(H,68,80)(H,69,87)(H,70,81)(H,71,83)(H,77,78)(H,88,89)/t37-,38-,39-,40-,41-,42-,43-,44+,45-,46-/m0/s1. The molecule has 19 N–H and O–H groups in total. The molecule has 4 rings (SSSR count). The van der Waals surface area contributed by atoms with Crippen molar-refractivity contribution >= 4 is 120 Å². The molecule has 0 spiro atoms. The van der Waals surface area contributed by atoms with Crippen LogP contribution in [0.25, 0.3) is 0 Å². The Bertz CT molecular complexity index is 3170. The molecule has 1 heterocycles. The molecule has 506 valence electrons. The van der Waals surface area contributed by atoms with E-state index in [1.165, 1.54) is 109 Å². The van der Waals surface area contributed by atoms with E-state index in [-0.39, 0.29) is 67.2 Å². The number of aromatic nitrogens is 2. The Morgan fingerprint density at radius 1 is 0.484 bits per heavy atom. The van der Waals surface area contributed by atoms with Crippen LogP contribution in [0.1, 0.15) is 41.6 Å². The lowest BCUT2D eigenvalue weighted by Crippen LogP contribution is -2.61. The average Bonchev–Trinajstić information content (AvgIpc) is 2.09. The van der Waals surface area contributed by atoms with Gasteiger partial charge in [-0.2, -0.15) is 48.8 Å². The number of carboxylic acids is 2. The number of imidazole rings is 1. The summed E-state index contributed by atoms with van der Waals surface area (Å²) in [7, 11) is 0. The number of carbonyl (C=O) groups is 12. The van der Waals surface area contributed by atoms with Crippen LogP contribution in [0.15, 0.2) is 85.3 Å². The lowest BCUT2D eigenvalue weighted by molar-refractivity contribution is -0.142. The van der Waals surface area contributed by atoms with Crippen molar-refractivity contribution in [1.82, 2.24) is 63.1 Å². The van der Waals surface area contributed by atoms with Gasteiger partial charge in [-0.25, -0.2) is 9.78 Å². The van der Waals surface area contributed by atoms with Crippen LogP contribution in [-0.2, 0) is 83.2 Å². The Hall–Kier alpha value is -8.77. The number of hydrogen-bond donors (Lipinski definition) is 20. The van der Waals surface area contributed by atoms with E-state index in [1.807, 2.05) is 0 Å². The number of amides is 10. The largest absolute Gasteiger partial charge is 0.508 e. The van der Waals surface area contributed by atoms with Crippen LogP contribution in [0.2, 0.25) is 0 Å². The number of aliphatic hydroxyl groups is 1. The maximum Gasteiger partial charge on any atom is 0.326 e. The predicted molar refractivity (Wildman–Crippen MR) is 347 cm³/mol. The molecule has 0 aliphatic rings. The van der Waals surface area contributed by atoms with Crippen molar-refractivity contribution in [3.63, 3.8) is 0 Å². The van der Waals surface area contributed by atoms with E-state index in [9.17, 15) is 88.2 Å². The minimum absolute atomic E-state index is 0.00457. The molecular formula is C58H77N13O18S4. The van der Waals surface area contributed by atoms with E-state index < -0.39 is 163 Å². The molecule has 35 heteroatoms. The number of H-pyrrole nitrogens is 1. The number of hydrogen-bond acceptors (Lipinski definition) is 22. The number of nitrogens with two attached hydrogens (primary N) is 1. The zero-order valence-corrected chi connectivity index (χ0v) is 53.8. The first-order chi connectivity index (χ1) is 44.3. The number of aliphatic carboxylic acids is 2. The number of thioether (sulfide) groups is 2. The summed E-state index contributed by atoms with van der Waals surface area (Å²) in [6, 6.07) is 1.73. The SMILES string of the molecule is CSCC[C@H](NC(=O)[C@H](Cc1ccc(O)cc1)NC(=O)[C@H](CS)NC(=O)[C@H](Cc1c[nH]cn1)NC(=O)[C@H](CC(=O)O)NC(=O)CNC(=O)[C@@H](N)Cc1ccc(O)cc1)C(=O)N[C@@H](CS)C(=O)N[C@H](CO)C(=O)N[C@@H](CCSC)C(=O)N[C@@H](Cc1ccc(O)cc1)C(=O)O. The van der Waals surface area contributed by atoms with Crippen molar-refractivity contribution in [2.45, 2.75) is 105 Å². The van der Waals surface area contributed by atoms with Crippen LogP contribution in [0, 0.1) is 0 Å². The quantitative estimate of drug-likeness (QED) is 0.0192. The molecule has 0 radical (unpaired) electrons. The predicted octanol–water partition coefficient (Wildman–Crippen LogP) is -3.48. The first-order valence-corrected chi connectivity index (χ1v) is 32.7. The molecule has 31 nitrogen and oxygen atoms in total. The number of nitrogens with zero attached hydrogens (tertiary/aromatic N) is 1. The van der Waals surface area contributed by atoms with Gasteiger partial charge >= 0.3 is 11.9 Å². The molecule has 93 heavy (non-hydrogen) atoms. The van der Waals surface area contributed by atoms with Gasteiger partial charge in [0.05, 0.1) is 37.6 Å². The second-order valence-electron chi connectivity index (χ2n) is 20.9. The van der Waals surface area contributed by atoms with Gasteiger partial charge in [0.2, 0.25) is 59.1 Å². The molecule has 10 atom stereocenters. The number of aliphatic hydroxyl groups excluding tert-OH is 1. The number of phenolic OH excluding ortho intramolecular Hbond substituents is 3. The second-order valence-corrected chi connectivity index (χ2v) is 23.6. The number of carbonyl (C=O) groups excluding carboxylic acids is 10. The highest BCUT2D eigenvalue weighted by Crippen LogP contribution is 2.16. The van der Waals surface area contributed by atoms with Crippen LogP contribution >= 0.6 is 48.8 Å². The number of thiol groups is 2. The minimum Gasteiger partial charge on any atom is -0.508 e. The Morgan fingerprint density at radius 3 is 1.26 bits per heavy atom. The lowest BCUT2D eigenvalue weighted by Gasteiger charge is -2.27. The monoisotopic (exact) mass is 1370 g/mol. The Labute approximate surface area is 553 Å². The molecule has 0 unspecified atom stereocenters. The normalized spacial score (nSPS) is 14.2. The van der Waals surface area contributed by atoms with Gasteiger partial charge < -0.3 is 94.5 Å². The average molecular weight is 1370 g/mol. The fourth-order valence-electron chi connectivity index (χ4n) is 8.64. The summed E-state index contributed by atoms with van der Waals surface area (Å²) in [5.41, 5.74) is 7.63. The molecule has 4 aromatic rings. The zero-order chi connectivity index (χ0) is 68.7. The van der Waals surface area contributed by atoms with Crippen LogP contribution in [-0.4, -0.2) is 221 Å². The Morgan fingerprint density at radius 2 is 0.849 bits per heavy atom. The van der Waals surface area contributed by atoms with Gasteiger partial charge in [-0.3, -0.25) is 52.7 Å². The van der Waals surface area contributed by atoms with Crippen molar-refractivity contribution in [3.05, 3.63) is 108 Å². The molecule has 1 aromatic heterocycles. The highest BCUT2D eigenvalue weighted by atomic mass is 32.2. The maximum absolute atomic E-state index is 14.4. The summed E-state index contributed by atoms with van der Waals surface area (Å²) in [6.07, 6.45) is 4.18. The van der Waals surface area contributed by atoms with Gasteiger partial charge in [-0.15, -0.1) is 0 Å². The number of benzene rings is 3. The lowest BCUT2D eigenvalue weighted by atomic mass is 10.0. The van der Waals surface area contributed by atoms with Crippen molar-refractivity contribution in [2.24, 2.45) is 5.73 Å². The highest BCUT2D eigenvalue weighted by Gasteiger charge is 2.36. The van der Waals surface area contributed by atoms with E-state index in [0.29, 0.717) is 22.4 Å². The molecule has 0 saturated carbocycles. The highest BCUT2D eigenvalue weighted by molar-refractivity contribution is 7.98. The summed E-state index contributed by atoms with van der Waals surface area (Å²) in [4.78, 5) is 168. The fraction of sp³-hybridized carbons (Fsp3) is 0.431. The van der Waals surface area contributed by atoms with Gasteiger partial charge in [-0.1, -0.05) is 36.4 Å². The van der Waals surface area contributed by atoms with Crippen molar-refractivity contribution in [2.75, 3.05) is 48.7 Å². The van der Waals surface area contributed by atoms with Crippen LogP contribution in [0.3, 0.4) is 0 Å². The first kappa shape index (κ1) is 76.7. The molecule has 0 fully saturated rings. The summed E-state index contributed by atoms with van der Waals surface area (Å²) in [5.74, 6) is -13.3. The van der Waals surface area contributed by atoms with Crippen molar-refractivity contribution in [3.8, 4) is 17.2 Å². The second kappa shape index (κ2) is 39.6. The van der Waals surface area contributed by atoms with Gasteiger partial charge in [0.15, 0.2) is 0 Å². The third kappa shape index (κ3) is 26.8. The molecule has 0 aliphatic heterocycles. The van der Waals surface area contributed by atoms with Gasteiger partial charge in [0.25, 0.3) is 0 Å². The van der Waals surface area contributed by atoms with Gasteiger partial charge in [-0.05, 0) is 96.4 Å². The number of phenols is 3. The summed E-state index contributed by atoms with van der Waals surface area (Å²) >= 11 is 11.1. The number of rotatable bonds is 40. The Kier molecular flexibility index (Phi) is 32.6. The Balaban J connectivity index is 1.48. The molecule has 3 aromatic carbocycles. The van der Waals surface area contributed by atoms with E-state index >= 15 is 0 Å². The molecule has 0 saturated heterocycles. The zero-order valence-electron chi connectivity index (χ0n) is 50.4. The number of nitrogens with one attached hydrogen (secondary N) is 11. The number of aromatic hydroxyl groups is 3. The third-order valence-electron chi connectivity index (χ3n) is 13.7.